The van der Waals surface area contributed by atoms with Gasteiger partial charge in [-0.2, -0.15) is 0 Å². The smallest absolute Gasteiger partial charge is 0.126 e. The molecular weight excluding hydrogens is 251 g/mol. The minimum absolute atomic E-state index is 0.250. The van der Waals surface area contributed by atoms with E-state index in [2.05, 4.69) is 0 Å². The maximum absolute atomic E-state index is 13.3. The fraction of sp³-hybridized carbons (Fsp3) is 0.111. The lowest BCUT2D eigenvalue weighted by atomic mass is 9.97. The number of aryl methyl sites for hydroxylation is 1. The largest absolute Gasteiger partial charge is 0.384 e. The topological polar surface area (TPSA) is 20.2 Å². The number of hydrogen-bond donors (Lipinski definition) is 1. The number of aliphatic hydroxyl groups is 1. The van der Waals surface area contributed by atoms with Crippen LogP contribution in [0.15, 0.2) is 60.7 Å². The van der Waals surface area contributed by atoms with Crippen molar-refractivity contribution < 1.29 is 9.50 Å². The highest BCUT2D eigenvalue weighted by molar-refractivity contribution is 5.83. The summed E-state index contributed by atoms with van der Waals surface area (Å²) in [6.45, 7) is 1.70. The van der Waals surface area contributed by atoms with Crippen molar-refractivity contribution in [2.45, 2.75) is 13.0 Å². The van der Waals surface area contributed by atoms with Crippen LogP contribution in [0, 0.1) is 12.7 Å². The van der Waals surface area contributed by atoms with Crippen molar-refractivity contribution in [3.63, 3.8) is 0 Å². The maximum atomic E-state index is 13.3. The number of aliphatic hydroxyl groups excluding tert-OH is 1. The van der Waals surface area contributed by atoms with Gasteiger partial charge in [0, 0.05) is 0 Å². The minimum atomic E-state index is -0.737. The molecule has 1 nitrogen and oxygen atoms in total. The molecular formula is C18H15FO. The van der Waals surface area contributed by atoms with E-state index in [1.165, 1.54) is 6.07 Å². The zero-order chi connectivity index (χ0) is 14.1. The van der Waals surface area contributed by atoms with Crippen LogP contribution in [0.3, 0.4) is 0 Å². The van der Waals surface area contributed by atoms with Crippen LogP contribution < -0.4 is 0 Å². The fourth-order valence-electron chi connectivity index (χ4n) is 2.41. The second kappa shape index (κ2) is 5.06. The lowest BCUT2D eigenvalue weighted by molar-refractivity contribution is 0.220. The van der Waals surface area contributed by atoms with E-state index < -0.39 is 6.10 Å². The number of rotatable bonds is 2. The first-order valence-electron chi connectivity index (χ1n) is 6.58. The summed E-state index contributed by atoms with van der Waals surface area (Å²) < 4.78 is 13.3. The van der Waals surface area contributed by atoms with E-state index in [-0.39, 0.29) is 5.82 Å². The van der Waals surface area contributed by atoms with Crippen LogP contribution >= 0.6 is 0 Å². The average Bonchev–Trinajstić information content (AvgIpc) is 2.49. The first-order chi connectivity index (χ1) is 9.65. The Morgan fingerprint density at radius 1 is 0.850 bits per heavy atom. The summed E-state index contributed by atoms with van der Waals surface area (Å²) in [5, 5.41) is 12.7. The van der Waals surface area contributed by atoms with Crippen molar-refractivity contribution in [3.05, 3.63) is 83.2 Å². The highest BCUT2D eigenvalue weighted by Crippen LogP contribution is 2.26. The van der Waals surface area contributed by atoms with Gasteiger partial charge in [0.25, 0.3) is 0 Å². The monoisotopic (exact) mass is 266 g/mol. The quantitative estimate of drug-likeness (QED) is 0.730. The molecule has 0 aliphatic rings. The van der Waals surface area contributed by atoms with Gasteiger partial charge in [-0.25, -0.2) is 4.39 Å². The average molecular weight is 266 g/mol. The standard InChI is InChI=1S/C18H15FO/c1-12-10-15(8-9-17(12)19)18(20)16-7-6-13-4-2-3-5-14(13)11-16/h2-11,18,20H,1H3. The zero-order valence-electron chi connectivity index (χ0n) is 11.2. The summed E-state index contributed by atoms with van der Waals surface area (Å²) in [4.78, 5) is 0. The molecule has 2 heteroatoms. The summed E-state index contributed by atoms with van der Waals surface area (Å²) in [5.74, 6) is -0.250. The van der Waals surface area contributed by atoms with E-state index >= 15 is 0 Å². The Labute approximate surface area is 117 Å². The molecule has 0 radical (unpaired) electrons. The Balaban J connectivity index is 2.02. The molecule has 3 aromatic carbocycles. The van der Waals surface area contributed by atoms with Crippen LogP contribution in [0.2, 0.25) is 0 Å². The van der Waals surface area contributed by atoms with Crippen LogP contribution in [-0.4, -0.2) is 5.11 Å². The van der Waals surface area contributed by atoms with Crippen molar-refractivity contribution >= 4 is 10.8 Å². The maximum Gasteiger partial charge on any atom is 0.126 e. The second-order valence-electron chi connectivity index (χ2n) is 5.02. The van der Waals surface area contributed by atoms with Gasteiger partial charge in [0.1, 0.15) is 11.9 Å². The lowest BCUT2D eigenvalue weighted by Crippen LogP contribution is -2.00. The predicted molar refractivity (Wildman–Crippen MR) is 79.1 cm³/mol. The van der Waals surface area contributed by atoms with Gasteiger partial charge in [-0.05, 0) is 46.5 Å². The van der Waals surface area contributed by atoms with Gasteiger partial charge in [0.2, 0.25) is 0 Å². The van der Waals surface area contributed by atoms with E-state index in [1.54, 1.807) is 19.1 Å². The van der Waals surface area contributed by atoms with Crippen LogP contribution in [-0.2, 0) is 0 Å². The van der Waals surface area contributed by atoms with Crippen LogP contribution in [0.5, 0.6) is 0 Å². The predicted octanol–water partition coefficient (Wildman–Crippen LogP) is 4.37. The van der Waals surface area contributed by atoms with E-state index in [0.717, 1.165) is 16.3 Å². The van der Waals surface area contributed by atoms with Gasteiger partial charge in [0.05, 0.1) is 0 Å². The molecule has 1 N–H and O–H groups in total. The lowest BCUT2D eigenvalue weighted by Gasteiger charge is -2.13. The summed E-state index contributed by atoms with van der Waals surface area (Å²) >= 11 is 0. The molecule has 0 saturated heterocycles. The van der Waals surface area contributed by atoms with Gasteiger partial charge in [-0.3, -0.25) is 0 Å². The van der Waals surface area contributed by atoms with Crippen LogP contribution in [0.4, 0.5) is 4.39 Å². The molecule has 0 fully saturated rings. The molecule has 3 aromatic rings. The molecule has 0 amide bonds. The van der Waals surface area contributed by atoms with Crippen molar-refractivity contribution in [1.82, 2.24) is 0 Å². The Morgan fingerprint density at radius 3 is 2.25 bits per heavy atom. The molecule has 0 heterocycles. The second-order valence-corrected chi connectivity index (χ2v) is 5.02. The normalized spacial score (nSPS) is 12.6. The molecule has 1 unspecified atom stereocenters. The van der Waals surface area contributed by atoms with Gasteiger partial charge in [-0.15, -0.1) is 0 Å². The molecule has 0 spiro atoms. The number of fused-ring (bicyclic) bond motifs is 1. The van der Waals surface area contributed by atoms with Crippen molar-refractivity contribution in [2.75, 3.05) is 0 Å². The van der Waals surface area contributed by atoms with Crippen molar-refractivity contribution in [3.8, 4) is 0 Å². The Morgan fingerprint density at radius 2 is 1.50 bits per heavy atom. The Hall–Kier alpha value is -2.19. The highest BCUT2D eigenvalue weighted by Gasteiger charge is 2.12. The van der Waals surface area contributed by atoms with Crippen molar-refractivity contribution in [1.29, 1.82) is 0 Å². The molecule has 0 aromatic heterocycles. The molecule has 0 aliphatic carbocycles. The third-order valence-electron chi connectivity index (χ3n) is 3.59. The molecule has 0 aliphatic heterocycles. The fourth-order valence-corrected chi connectivity index (χ4v) is 2.41. The molecule has 1 atom stereocenters. The minimum Gasteiger partial charge on any atom is -0.384 e. The van der Waals surface area contributed by atoms with Gasteiger partial charge < -0.3 is 5.11 Å². The van der Waals surface area contributed by atoms with E-state index in [4.69, 9.17) is 0 Å². The Kier molecular flexibility index (Phi) is 3.25. The summed E-state index contributed by atoms with van der Waals surface area (Å²) in [6.07, 6.45) is -0.737. The summed E-state index contributed by atoms with van der Waals surface area (Å²) in [7, 11) is 0. The third kappa shape index (κ3) is 2.30. The third-order valence-corrected chi connectivity index (χ3v) is 3.59. The number of halogens is 1. The molecule has 0 saturated carbocycles. The van der Waals surface area contributed by atoms with E-state index in [9.17, 15) is 9.50 Å². The van der Waals surface area contributed by atoms with Gasteiger partial charge >= 0.3 is 0 Å². The van der Waals surface area contributed by atoms with Gasteiger partial charge in [0.15, 0.2) is 0 Å². The summed E-state index contributed by atoms with van der Waals surface area (Å²) in [5.41, 5.74) is 2.07. The first-order valence-corrected chi connectivity index (χ1v) is 6.58. The highest BCUT2D eigenvalue weighted by atomic mass is 19.1. The molecule has 0 bridgehead atoms. The SMILES string of the molecule is Cc1cc(C(O)c2ccc3ccccc3c2)ccc1F. The van der Waals surface area contributed by atoms with Gasteiger partial charge in [-0.1, -0.05) is 48.5 Å². The number of hydrogen-bond acceptors (Lipinski definition) is 1. The Bertz CT molecular complexity index is 764. The van der Waals surface area contributed by atoms with E-state index in [1.807, 2.05) is 42.5 Å². The number of benzene rings is 3. The molecule has 20 heavy (non-hydrogen) atoms. The van der Waals surface area contributed by atoms with Crippen molar-refractivity contribution in [2.24, 2.45) is 0 Å². The summed E-state index contributed by atoms with van der Waals surface area (Å²) in [6, 6.07) is 18.6. The molecule has 100 valence electrons. The zero-order valence-corrected chi connectivity index (χ0v) is 11.2. The first kappa shape index (κ1) is 12.8. The van der Waals surface area contributed by atoms with E-state index in [0.29, 0.717) is 11.1 Å². The van der Waals surface area contributed by atoms with Crippen LogP contribution in [0.1, 0.15) is 22.8 Å². The van der Waals surface area contributed by atoms with Crippen LogP contribution in [0.25, 0.3) is 10.8 Å². The molecule has 3 rings (SSSR count).